The number of nitrogens with one attached hydrogen (secondary N) is 3. The molecule has 0 bridgehead atoms. The second kappa shape index (κ2) is 9.02. The minimum absolute atomic E-state index is 0.0181. The number of amides is 2. The lowest BCUT2D eigenvalue weighted by Crippen LogP contribution is -2.22. The molecule has 0 aliphatic carbocycles. The maximum absolute atomic E-state index is 12.3. The van der Waals surface area contributed by atoms with Crippen molar-refractivity contribution in [2.24, 2.45) is 0 Å². The Morgan fingerprint density at radius 3 is 2.66 bits per heavy atom. The number of methoxy groups -OCH3 is 2. The number of pyridine rings is 1. The van der Waals surface area contributed by atoms with Crippen LogP contribution in [0.25, 0.3) is 0 Å². The molecule has 29 heavy (non-hydrogen) atoms. The summed E-state index contributed by atoms with van der Waals surface area (Å²) in [6.45, 7) is 0. The van der Waals surface area contributed by atoms with Gasteiger partial charge in [0.25, 0.3) is 11.5 Å². The number of nitrogens with zero attached hydrogens (tertiary/aromatic N) is 1. The van der Waals surface area contributed by atoms with Gasteiger partial charge < -0.3 is 19.8 Å². The first kappa shape index (κ1) is 20.1. The van der Waals surface area contributed by atoms with Gasteiger partial charge in [-0.1, -0.05) is 0 Å². The lowest BCUT2D eigenvalue weighted by atomic mass is 10.2. The number of carbonyl (C=O) groups is 2. The summed E-state index contributed by atoms with van der Waals surface area (Å²) in [6.07, 6.45) is 1.46. The van der Waals surface area contributed by atoms with E-state index < -0.39 is 11.5 Å². The van der Waals surface area contributed by atoms with Crippen LogP contribution in [0.1, 0.15) is 16.1 Å². The lowest BCUT2D eigenvalue weighted by Gasteiger charge is -2.10. The number of ether oxygens (including phenoxy) is 2. The number of rotatable bonds is 7. The number of H-pyrrole nitrogens is 1. The van der Waals surface area contributed by atoms with Gasteiger partial charge in [0, 0.05) is 23.3 Å². The molecule has 2 aromatic heterocycles. The van der Waals surface area contributed by atoms with Gasteiger partial charge in [0.1, 0.15) is 5.56 Å². The number of anilines is 2. The molecule has 1 aromatic carbocycles. The summed E-state index contributed by atoms with van der Waals surface area (Å²) in [6, 6.07) is 8.02. The topological polar surface area (TPSA) is 122 Å². The van der Waals surface area contributed by atoms with Gasteiger partial charge in [-0.15, -0.1) is 11.3 Å². The zero-order valence-corrected chi connectivity index (χ0v) is 16.5. The standard InChI is InChI=1S/C19H18N4O5S/c1-27-14-6-5-11(8-15(14)28-2)21-16(24)9-12-10-29-19(22-12)23-18(26)13-4-3-7-20-17(13)25/h3-8,10H,9H2,1-2H3,(H,20,25)(H,21,24)(H,22,23,26). The van der Waals surface area contributed by atoms with Crippen LogP contribution >= 0.6 is 11.3 Å². The Hall–Kier alpha value is -3.66. The molecular weight excluding hydrogens is 396 g/mol. The summed E-state index contributed by atoms with van der Waals surface area (Å²) < 4.78 is 10.4. The second-order valence-electron chi connectivity index (χ2n) is 5.81. The first-order valence-corrected chi connectivity index (χ1v) is 9.33. The monoisotopic (exact) mass is 414 g/mol. The van der Waals surface area contributed by atoms with E-state index in [2.05, 4.69) is 20.6 Å². The average Bonchev–Trinajstić information content (AvgIpc) is 3.14. The molecule has 10 heteroatoms. The van der Waals surface area contributed by atoms with E-state index in [1.807, 2.05) is 0 Å². The van der Waals surface area contributed by atoms with E-state index >= 15 is 0 Å². The summed E-state index contributed by atoms with van der Waals surface area (Å²) in [5, 5.41) is 7.28. The molecule has 0 fully saturated rings. The number of hydrogen-bond donors (Lipinski definition) is 3. The van der Waals surface area contributed by atoms with E-state index in [1.54, 1.807) is 29.6 Å². The van der Waals surface area contributed by atoms with Crippen LogP contribution in [-0.4, -0.2) is 36.0 Å². The molecule has 0 saturated carbocycles. The molecule has 3 rings (SSSR count). The fourth-order valence-electron chi connectivity index (χ4n) is 2.49. The zero-order valence-electron chi connectivity index (χ0n) is 15.6. The molecule has 2 amide bonds. The predicted molar refractivity (Wildman–Crippen MR) is 109 cm³/mol. The van der Waals surface area contributed by atoms with Crippen LogP contribution < -0.4 is 25.7 Å². The maximum Gasteiger partial charge on any atom is 0.263 e. The van der Waals surface area contributed by atoms with Gasteiger partial charge in [0.15, 0.2) is 16.6 Å². The molecule has 0 radical (unpaired) electrons. The average molecular weight is 414 g/mol. The van der Waals surface area contributed by atoms with E-state index in [-0.39, 0.29) is 17.9 Å². The number of carbonyl (C=O) groups excluding carboxylic acids is 2. The third-order valence-corrected chi connectivity index (χ3v) is 4.65. The van der Waals surface area contributed by atoms with Crippen molar-refractivity contribution in [1.82, 2.24) is 9.97 Å². The summed E-state index contributed by atoms with van der Waals surface area (Å²) in [7, 11) is 3.04. The van der Waals surface area contributed by atoms with E-state index in [9.17, 15) is 14.4 Å². The molecule has 0 aliphatic heterocycles. The molecule has 0 atom stereocenters. The highest BCUT2D eigenvalue weighted by Gasteiger charge is 2.14. The van der Waals surface area contributed by atoms with Gasteiger partial charge in [-0.25, -0.2) is 4.98 Å². The third-order valence-electron chi connectivity index (χ3n) is 3.84. The summed E-state index contributed by atoms with van der Waals surface area (Å²) in [4.78, 5) is 42.7. The van der Waals surface area contributed by atoms with Crippen LogP contribution in [0.5, 0.6) is 11.5 Å². The molecule has 2 heterocycles. The van der Waals surface area contributed by atoms with Gasteiger partial charge in [-0.2, -0.15) is 0 Å². The van der Waals surface area contributed by atoms with E-state index in [4.69, 9.17) is 9.47 Å². The number of hydrogen-bond acceptors (Lipinski definition) is 7. The molecular formula is C19H18N4O5S. The lowest BCUT2D eigenvalue weighted by molar-refractivity contribution is -0.115. The van der Waals surface area contributed by atoms with Crippen molar-refractivity contribution in [2.75, 3.05) is 24.9 Å². The summed E-state index contributed by atoms with van der Waals surface area (Å²) >= 11 is 1.17. The fraction of sp³-hybridized carbons (Fsp3) is 0.158. The molecule has 3 N–H and O–H groups in total. The van der Waals surface area contributed by atoms with Gasteiger partial charge in [-0.3, -0.25) is 19.7 Å². The molecule has 9 nitrogen and oxygen atoms in total. The number of aromatic amines is 1. The smallest absolute Gasteiger partial charge is 0.263 e. The summed E-state index contributed by atoms with van der Waals surface area (Å²) in [5.74, 6) is 0.213. The molecule has 3 aromatic rings. The van der Waals surface area contributed by atoms with Crippen molar-refractivity contribution in [3.05, 3.63) is 63.5 Å². The predicted octanol–water partition coefficient (Wildman–Crippen LogP) is 2.28. The summed E-state index contributed by atoms with van der Waals surface area (Å²) in [5.41, 5.74) is 0.538. The van der Waals surface area contributed by atoms with Crippen LogP contribution in [-0.2, 0) is 11.2 Å². The SMILES string of the molecule is COc1ccc(NC(=O)Cc2csc(NC(=O)c3ccc[nH]c3=O)n2)cc1OC. The third kappa shape index (κ3) is 4.99. The molecule has 0 saturated heterocycles. The quantitative estimate of drug-likeness (QED) is 0.545. The van der Waals surface area contributed by atoms with Gasteiger partial charge in [-0.05, 0) is 24.3 Å². The van der Waals surface area contributed by atoms with Crippen molar-refractivity contribution in [3.63, 3.8) is 0 Å². The number of aromatic nitrogens is 2. The second-order valence-corrected chi connectivity index (χ2v) is 6.66. The highest BCUT2D eigenvalue weighted by Crippen LogP contribution is 2.29. The Balaban J connectivity index is 1.61. The van der Waals surface area contributed by atoms with Crippen molar-refractivity contribution in [2.45, 2.75) is 6.42 Å². The minimum Gasteiger partial charge on any atom is -0.493 e. The Morgan fingerprint density at radius 2 is 1.93 bits per heavy atom. The van der Waals surface area contributed by atoms with E-state index in [0.29, 0.717) is 28.0 Å². The van der Waals surface area contributed by atoms with E-state index in [1.165, 1.54) is 37.8 Å². The maximum atomic E-state index is 12.3. The Labute approximate surface area is 169 Å². The Morgan fingerprint density at radius 1 is 1.14 bits per heavy atom. The number of thiazole rings is 1. The Bertz CT molecular complexity index is 1090. The minimum atomic E-state index is -0.567. The van der Waals surface area contributed by atoms with Crippen LogP contribution in [0.4, 0.5) is 10.8 Å². The zero-order chi connectivity index (χ0) is 20.8. The highest BCUT2D eigenvalue weighted by molar-refractivity contribution is 7.14. The normalized spacial score (nSPS) is 10.3. The van der Waals surface area contributed by atoms with Crippen molar-refractivity contribution in [1.29, 1.82) is 0 Å². The molecule has 150 valence electrons. The van der Waals surface area contributed by atoms with Gasteiger partial charge >= 0.3 is 0 Å². The van der Waals surface area contributed by atoms with Crippen LogP contribution in [0.15, 0.2) is 46.7 Å². The molecule has 0 unspecified atom stereocenters. The van der Waals surface area contributed by atoms with Crippen molar-refractivity contribution >= 4 is 34.0 Å². The molecule has 0 spiro atoms. The van der Waals surface area contributed by atoms with Gasteiger partial charge in [0.05, 0.1) is 26.3 Å². The van der Waals surface area contributed by atoms with E-state index in [0.717, 1.165) is 0 Å². The van der Waals surface area contributed by atoms with Crippen LogP contribution in [0, 0.1) is 0 Å². The van der Waals surface area contributed by atoms with Crippen molar-refractivity contribution in [3.8, 4) is 11.5 Å². The first-order chi connectivity index (χ1) is 14.0. The Kier molecular flexibility index (Phi) is 6.25. The highest BCUT2D eigenvalue weighted by atomic mass is 32.1. The van der Waals surface area contributed by atoms with Crippen molar-refractivity contribution < 1.29 is 19.1 Å². The first-order valence-electron chi connectivity index (χ1n) is 8.45. The largest absolute Gasteiger partial charge is 0.493 e. The van der Waals surface area contributed by atoms with Gasteiger partial charge in [0.2, 0.25) is 5.91 Å². The fourth-order valence-corrected chi connectivity index (χ4v) is 3.20. The molecule has 0 aliphatic rings. The van der Waals surface area contributed by atoms with Crippen LogP contribution in [0.2, 0.25) is 0 Å². The number of benzene rings is 1. The van der Waals surface area contributed by atoms with Crippen LogP contribution in [0.3, 0.4) is 0 Å².